The highest BCUT2D eigenvalue weighted by atomic mass is 32.2. The molecule has 1 heterocycles. The van der Waals surface area contributed by atoms with Gasteiger partial charge < -0.3 is 10.6 Å². The van der Waals surface area contributed by atoms with Crippen LogP contribution in [0.1, 0.15) is 36.8 Å². The number of aryl methyl sites for hydroxylation is 1. The van der Waals surface area contributed by atoms with Gasteiger partial charge in [-0.1, -0.05) is 42.3 Å². The van der Waals surface area contributed by atoms with Gasteiger partial charge in [0.15, 0.2) is 0 Å². The van der Waals surface area contributed by atoms with Crippen LogP contribution in [0.5, 0.6) is 0 Å². The number of hydrogen-bond acceptors (Lipinski definition) is 4. The molecule has 0 bridgehead atoms. The van der Waals surface area contributed by atoms with E-state index < -0.39 is 27.7 Å². The molecule has 7 nitrogen and oxygen atoms in total. The highest BCUT2D eigenvalue weighted by Crippen LogP contribution is 2.27. The first-order valence-corrected chi connectivity index (χ1v) is 12.1. The normalized spacial score (nSPS) is 17.0. The zero-order valence-corrected chi connectivity index (χ0v) is 18.8. The minimum absolute atomic E-state index is 0.0931. The first-order chi connectivity index (χ1) is 15.3. The van der Waals surface area contributed by atoms with Gasteiger partial charge in [0.25, 0.3) is 0 Å². The van der Waals surface area contributed by atoms with E-state index in [1.165, 1.54) is 16.4 Å². The van der Waals surface area contributed by atoms with Crippen molar-refractivity contribution in [2.45, 2.75) is 50.1 Å². The molecule has 1 fully saturated rings. The van der Waals surface area contributed by atoms with Gasteiger partial charge >= 0.3 is 11.8 Å². The van der Waals surface area contributed by atoms with Gasteiger partial charge in [0.1, 0.15) is 5.82 Å². The van der Waals surface area contributed by atoms with Crippen molar-refractivity contribution < 1.29 is 22.4 Å². The lowest BCUT2D eigenvalue weighted by Crippen LogP contribution is -2.46. The number of carbonyl (C=O) groups excluding carboxylic acids is 2. The number of nitrogens with zero attached hydrogens (tertiary/aromatic N) is 1. The summed E-state index contributed by atoms with van der Waals surface area (Å²) in [6, 6.07) is 12.5. The molecule has 2 N–H and O–H groups in total. The van der Waals surface area contributed by atoms with Crippen molar-refractivity contribution in [2.75, 3.05) is 13.1 Å². The molecular weight excluding hydrogens is 433 g/mol. The Balaban J connectivity index is 1.53. The molecule has 0 radical (unpaired) electrons. The minimum atomic E-state index is -3.63. The summed E-state index contributed by atoms with van der Waals surface area (Å²) in [4.78, 5) is 24.3. The minimum Gasteiger partial charge on any atom is -0.348 e. The number of benzene rings is 2. The maximum Gasteiger partial charge on any atom is 0.309 e. The molecule has 9 heteroatoms. The molecule has 1 atom stereocenters. The Hall–Kier alpha value is -2.78. The molecular formula is C23H28FN3O4S. The third kappa shape index (κ3) is 5.92. The van der Waals surface area contributed by atoms with Crippen LogP contribution in [-0.2, 0) is 26.2 Å². The van der Waals surface area contributed by atoms with Crippen molar-refractivity contribution in [1.29, 1.82) is 0 Å². The van der Waals surface area contributed by atoms with Crippen LogP contribution in [0, 0.1) is 12.7 Å². The zero-order valence-electron chi connectivity index (χ0n) is 18.0. The summed E-state index contributed by atoms with van der Waals surface area (Å²) < 4.78 is 41.3. The first-order valence-electron chi connectivity index (χ1n) is 10.7. The van der Waals surface area contributed by atoms with Gasteiger partial charge in [0, 0.05) is 31.2 Å². The van der Waals surface area contributed by atoms with Crippen LogP contribution in [0.2, 0.25) is 0 Å². The number of rotatable bonds is 7. The van der Waals surface area contributed by atoms with Gasteiger partial charge in [-0.05, 0) is 44.4 Å². The Bertz CT molecular complexity index is 1060. The third-order valence-electron chi connectivity index (χ3n) is 5.57. The van der Waals surface area contributed by atoms with Crippen LogP contribution < -0.4 is 10.6 Å². The molecule has 1 saturated heterocycles. The fourth-order valence-corrected chi connectivity index (χ4v) is 5.48. The Morgan fingerprint density at radius 3 is 2.44 bits per heavy atom. The van der Waals surface area contributed by atoms with E-state index in [2.05, 4.69) is 10.6 Å². The predicted molar refractivity (Wildman–Crippen MR) is 119 cm³/mol. The van der Waals surface area contributed by atoms with E-state index >= 15 is 0 Å². The zero-order chi connectivity index (χ0) is 23.1. The van der Waals surface area contributed by atoms with E-state index in [9.17, 15) is 22.4 Å². The van der Waals surface area contributed by atoms with Gasteiger partial charge in [0.2, 0.25) is 10.0 Å². The number of carbonyl (C=O) groups is 2. The molecule has 0 unspecified atom stereocenters. The Morgan fingerprint density at radius 1 is 1.03 bits per heavy atom. The van der Waals surface area contributed by atoms with Crippen LogP contribution in [0.25, 0.3) is 0 Å². The Morgan fingerprint density at radius 2 is 1.72 bits per heavy atom. The summed E-state index contributed by atoms with van der Waals surface area (Å²) in [7, 11) is -3.63. The molecule has 1 aliphatic rings. The number of halogens is 1. The van der Waals surface area contributed by atoms with Crippen LogP contribution in [0.3, 0.4) is 0 Å². The number of piperidine rings is 1. The van der Waals surface area contributed by atoms with E-state index in [4.69, 9.17) is 0 Å². The van der Waals surface area contributed by atoms with Crippen molar-refractivity contribution in [3.8, 4) is 0 Å². The highest BCUT2D eigenvalue weighted by molar-refractivity contribution is 7.89. The maximum absolute atomic E-state index is 13.6. The molecule has 0 aliphatic carbocycles. The molecule has 172 valence electrons. The van der Waals surface area contributed by atoms with E-state index in [0.717, 1.165) is 18.4 Å². The molecule has 2 amide bonds. The van der Waals surface area contributed by atoms with Crippen molar-refractivity contribution >= 4 is 21.8 Å². The van der Waals surface area contributed by atoms with Crippen molar-refractivity contribution in [3.05, 3.63) is 65.5 Å². The maximum atomic E-state index is 13.6. The van der Waals surface area contributed by atoms with E-state index in [-0.39, 0.29) is 29.6 Å². The molecule has 0 aromatic heterocycles. The van der Waals surface area contributed by atoms with Gasteiger partial charge in [0.05, 0.1) is 4.90 Å². The molecule has 3 rings (SSSR count). The monoisotopic (exact) mass is 461 g/mol. The molecule has 2 aromatic carbocycles. The molecule has 1 aliphatic heterocycles. The second-order valence-corrected chi connectivity index (χ2v) is 9.79. The summed E-state index contributed by atoms with van der Waals surface area (Å²) in [6.45, 7) is 2.40. The second-order valence-electron chi connectivity index (χ2n) is 7.90. The van der Waals surface area contributed by atoms with Crippen LogP contribution >= 0.6 is 0 Å². The lowest BCUT2D eigenvalue weighted by atomic mass is 10.0. The molecule has 0 spiro atoms. The lowest BCUT2D eigenvalue weighted by molar-refractivity contribution is -0.139. The van der Waals surface area contributed by atoms with E-state index in [1.54, 1.807) is 36.4 Å². The first kappa shape index (κ1) is 23.9. The van der Waals surface area contributed by atoms with Crippen molar-refractivity contribution in [2.24, 2.45) is 0 Å². The predicted octanol–water partition coefficient (Wildman–Crippen LogP) is 2.50. The fraction of sp³-hybridized carbons (Fsp3) is 0.391. The number of sulfonamides is 1. The lowest BCUT2D eigenvalue weighted by Gasteiger charge is -2.34. The van der Waals surface area contributed by atoms with Gasteiger partial charge in [-0.3, -0.25) is 9.59 Å². The highest BCUT2D eigenvalue weighted by Gasteiger charge is 2.33. The average Bonchev–Trinajstić information content (AvgIpc) is 2.79. The Kier molecular flexibility index (Phi) is 7.98. The second kappa shape index (κ2) is 10.7. The number of amides is 2. The van der Waals surface area contributed by atoms with E-state index in [1.807, 2.05) is 6.92 Å². The smallest absolute Gasteiger partial charge is 0.309 e. The summed E-state index contributed by atoms with van der Waals surface area (Å²) in [5.74, 6) is -2.15. The van der Waals surface area contributed by atoms with Crippen LogP contribution in [0.4, 0.5) is 4.39 Å². The SMILES string of the molecule is Cc1ccc(S(=O)(=O)N2CCCC[C@H]2CCNC(=O)C(=O)NCc2ccccc2F)cc1. The Labute approximate surface area is 188 Å². The summed E-state index contributed by atoms with van der Waals surface area (Å²) in [6.07, 6.45) is 2.78. The van der Waals surface area contributed by atoms with Crippen molar-refractivity contribution in [1.82, 2.24) is 14.9 Å². The standard InChI is InChI=1S/C23H28FN3O4S/c1-17-9-11-20(12-10-17)32(30,31)27-15-5-4-7-19(27)13-14-25-22(28)23(29)26-16-18-6-2-3-8-21(18)24/h2-3,6,8-12,19H,4-5,7,13-16H2,1H3,(H,25,28)(H,26,29)/t19-/m0/s1. The third-order valence-corrected chi connectivity index (χ3v) is 7.53. The summed E-state index contributed by atoms with van der Waals surface area (Å²) in [5, 5.41) is 4.92. The molecule has 0 saturated carbocycles. The van der Waals surface area contributed by atoms with Crippen LogP contribution in [-0.4, -0.2) is 43.7 Å². The molecule has 2 aromatic rings. The summed E-state index contributed by atoms with van der Waals surface area (Å²) in [5.41, 5.74) is 1.27. The molecule has 32 heavy (non-hydrogen) atoms. The number of nitrogens with one attached hydrogen (secondary N) is 2. The largest absolute Gasteiger partial charge is 0.348 e. The van der Waals surface area contributed by atoms with Gasteiger partial charge in [-0.25, -0.2) is 12.8 Å². The fourth-order valence-electron chi connectivity index (χ4n) is 3.75. The number of hydrogen-bond donors (Lipinski definition) is 2. The topological polar surface area (TPSA) is 95.6 Å². The van der Waals surface area contributed by atoms with Crippen molar-refractivity contribution in [3.63, 3.8) is 0 Å². The summed E-state index contributed by atoms with van der Waals surface area (Å²) >= 11 is 0. The van der Waals surface area contributed by atoms with Gasteiger partial charge in [-0.2, -0.15) is 4.31 Å². The average molecular weight is 462 g/mol. The van der Waals surface area contributed by atoms with Gasteiger partial charge in [-0.15, -0.1) is 0 Å². The van der Waals surface area contributed by atoms with E-state index in [0.29, 0.717) is 19.4 Å². The quantitative estimate of drug-likeness (QED) is 0.620. The van der Waals surface area contributed by atoms with Crippen LogP contribution in [0.15, 0.2) is 53.4 Å².